The van der Waals surface area contributed by atoms with Gasteiger partial charge in [-0.3, -0.25) is 4.18 Å². The molecule has 0 amide bonds. The Morgan fingerprint density at radius 1 is 0.500 bits per heavy atom. The first-order valence-electron chi connectivity index (χ1n) is 15.3. The summed E-state index contributed by atoms with van der Waals surface area (Å²) >= 11 is 0. The minimum Gasteiger partial charge on any atom is -0.414 e. The van der Waals surface area contributed by atoms with Crippen LogP contribution in [0.15, 0.2) is 35.2 Å². The van der Waals surface area contributed by atoms with Crippen LogP contribution in [0.25, 0.3) is 0 Å². The predicted octanol–water partition coefficient (Wildman–Crippen LogP) is 3.55. The Kier molecular flexibility index (Phi) is 23.4. The van der Waals surface area contributed by atoms with Gasteiger partial charge in [-0.25, -0.2) is 0 Å². The number of hydrogen-bond donors (Lipinski definition) is 0. The second-order valence-corrected chi connectivity index (χ2v) is 17.5. The third kappa shape index (κ3) is 21.7. The van der Waals surface area contributed by atoms with E-state index in [0.717, 1.165) is 0 Å². The van der Waals surface area contributed by atoms with Gasteiger partial charge in [0, 0.05) is 0 Å². The lowest BCUT2D eigenvalue weighted by Crippen LogP contribution is -2.41. The monoisotopic (exact) mass is 668 g/mol. The largest absolute Gasteiger partial charge is 0.414 e. The molecule has 0 saturated heterocycles. The molecule has 0 spiro atoms. The third-order valence-corrected chi connectivity index (χ3v) is 12.5. The van der Waals surface area contributed by atoms with Gasteiger partial charge in [-0.2, -0.15) is 8.42 Å². The molecule has 12 nitrogen and oxygen atoms in total. The van der Waals surface area contributed by atoms with Crippen LogP contribution in [0, 0.1) is 0 Å². The molecular formula is C30H56O12SSi. The first kappa shape index (κ1) is 41.0. The Balaban J connectivity index is 1.72. The maximum atomic E-state index is 12.0. The van der Waals surface area contributed by atoms with Gasteiger partial charge in [0.05, 0.1) is 124 Å². The fraction of sp³-hybridized carbons (Fsp3) is 0.800. The molecule has 0 atom stereocenters. The highest BCUT2D eigenvalue weighted by molar-refractivity contribution is 7.86. The van der Waals surface area contributed by atoms with Gasteiger partial charge in [0.15, 0.2) is 8.32 Å². The zero-order chi connectivity index (χ0) is 32.4. The van der Waals surface area contributed by atoms with E-state index in [1.54, 1.807) is 18.2 Å². The van der Waals surface area contributed by atoms with Crippen LogP contribution in [-0.2, 0) is 56.6 Å². The van der Waals surface area contributed by atoms with Gasteiger partial charge < -0.3 is 42.3 Å². The van der Waals surface area contributed by atoms with Crippen molar-refractivity contribution >= 4 is 18.4 Å². The summed E-state index contributed by atoms with van der Waals surface area (Å²) in [6, 6.07) is 7.99. The van der Waals surface area contributed by atoms with E-state index in [0.29, 0.717) is 106 Å². The van der Waals surface area contributed by atoms with Crippen LogP contribution in [0.2, 0.25) is 18.1 Å². The first-order valence-corrected chi connectivity index (χ1v) is 19.6. The molecule has 0 bridgehead atoms. The van der Waals surface area contributed by atoms with Crippen molar-refractivity contribution in [3.05, 3.63) is 30.3 Å². The van der Waals surface area contributed by atoms with Crippen LogP contribution in [0.1, 0.15) is 20.8 Å². The van der Waals surface area contributed by atoms with Crippen molar-refractivity contribution in [1.29, 1.82) is 0 Å². The van der Waals surface area contributed by atoms with E-state index in [4.69, 9.17) is 46.5 Å². The summed E-state index contributed by atoms with van der Waals surface area (Å²) in [5.41, 5.74) is 0. The van der Waals surface area contributed by atoms with Crippen molar-refractivity contribution in [2.45, 2.75) is 43.8 Å². The average Bonchev–Trinajstić information content (AvgIpc) is 2.98. The number of hydrogen-bond acceptors (Lipinski definition) is 12. The summed E-state index contributed by atoms with van der Waals surface area (Å²) in [7, 11) is -5.46. The van der Waals surface area contributed by atoms with Crippen LogP contribution < -0.4 is 0 Å². The minimum absolute atomic E-state index is 0.0548. The molecule has 1 aromatic rings. The molecule has 0 fully saturated rings. The smallest absolute Gasteiger partial charge is 0.297 e. The molecule has 1 rings (SSSR count). The van der Waals surface area contributed by atoms with E-state index in [9.17, 15) is 8.42 Å². The number of rotatable bonds is 30. The average molecular weight is 669 g/mol. The summed E-state index contributed by atoms with van der Waals surface area (Å²) in [5.74, 6) is 0. The molecule has 0 aliphatic heterocycles. The third-order valence-electron chi connectivity index (χ3n) is 6.60. The minimum atomic E-state index is -3.75. The highest BCUT2D eigenvalue weighted by atomic mass is 32.2. The second kappa shape index (κ2) is 25.1. The molecule has 1 aromatic carbocycles. The van der Waals surface area contributed by atoms with Gasteiger partial charge in [-0.1, -0.05) is 39.0 Å². The molecule has 0 N–H and O–H groups in total. The standard InChI is InChI=1S/C30H56O12SSi/c1-30(2,3)44(4,5)42-28-26-40-24-22-38-20-18-36-16-14-34-12-11-33-13-15-35-17-19-37-21-23-39-25-27-41-43(31,32)29-9-7-6-8-10-29/h6-10H,11-28H2,1-5H3. The van der Waals surface area contributed by atoms with Crippen molar-refractivity contribution in [1.82, 2.24) is 0 Å². The van der Waals surface area contributed by atoms with E-state index < -0.39 is 18.4 Å². The summed E-state index contributed by atoms with van der Waals surface area (Å²) < 4.78 is 78.6. The van der Waals surface area contributed by atoms with Gasteiger partial charge in [0.25, 0.3) is 10.1 Å². The van der Waals surface area contributed by atoms with Gasteiger partial charge >= 0.3 is 0 Å². The lowest BCUT2D eigenvalue weighted by molar-refractivity contribution is -0.0241. The Morgan fingerprint density at radius 2 is 0.795 bits per heavy atom. The molecule has 0 saturated carbocycles. The van der Waals surface area contributed by atoms with E-state index in [2.05, 4.69) is 33.9 Å². The van der Waals surface area contributed by atoms with Crippen molar-refractivity contribution < 1.29 is 54.9 Å². The van der Waals surface area contributed by atoms with Crippen LogP contribution in [0.5, 0.6) is 0 Å². The molecule has 0 heterocycles. The molecule has 0 aliphatic rings. The van der Waals surface area contributed by atoms with Crippen LogP contribution in [-0.4, -0.2) is 136 Å². The number of ether oxygens (including phenoxy) is 8. The van der Waals surface area contributed by atoms with Gasteiger partial charge in [0.2, 0.25) is 0 Å². The molecule has 14 heteroatoms. The quantitative estimate of drug-likeness (QED) is 0.0676. The Bertz CT molecular complexity index is 897. The molecule has 44 heavy (non-hydrogen) atoms. The lowest BCUT2D eigenvalue weighted by Gasteiger charge is -2.36. The topological polar surface area (TPSA) is 126 Å². The number of benzene rings is 1. The molecule has 0 aliphatic carbocycles. The molecule has 0 unspecified atom stereocenters. The maximum Gasteiger partial charge on any atom is 0.297 e. The van der Waals surface area contributed by atoms with Crippen LogP contribution in [0.4, 0.5) is 0 Å². The van der Waals surface area contributed by atoms with Gasteiger partial charge in [-0.05, 0) is 30.3 Å². The molecule has 258 valence electrons. The lowest BCUT2D eigenvalue weighted by atomic mass is 10.2. The zero-order valence-corrected chi connectivity index (χ0v) is 29.2. The predicted molar refractivity (Wildman–Crippen MR) is 169 cm³/mol. The van der Waals surface area contributed by atoms with E-state index in [1.807, 2.05) is 0 Å². The van der Waals surface area contributed by atoms with Crippen LogP contribution in [0.3, 0.4) is 0 Å². The highest BCUT2D eigenvalue weighted by Crippen LogP contribution is 2.36. The maximum absolute atomic E-state index is 12.0. The van der Waals surface area contributed by atoms with Crippen molar-refractivity contribution in [2.24, 2.45) is 0 Å². The second-order valence-electron chi connectivity index (χ2n) is 11.1. The zero-order valence-electron chi connectivity index (χ0n) is 27.4. The SMILES string of the molecule is CC(C)(C)[Si](C)(C)OCCOCCOCCOCCOCCOCCOCCOCCOCCOS(=O)(=O)c1ccccc1. The normalized spacial score (nSPS) is 12.7. The summed E-state index contributed by atoms with van der Waals surface area (Å²) in [6.45, 7) is 19.1. The molecule has 0 radical (unpaired) electrons. The van der Waals surface area contributed by atoms with Crippen molar-refractivity contribution in [2.75, 3.05) is 119 Å². The Hall–Kier alpha value is -1.01. The molecule has 0 aromatic heterocycles. The van der Waals surface area contributed by atoms with Gasteiger partial charge in [0.1, 0.15) is 0 Å². The summed E-state index contributed by atoms with van der Waals surface area (Å²) in [6.07, 6.45) is 0. The van der Waals surface area contributed by atoms with Crippen molar-refractivity contribution in [3.8, 4) is 0 Å². The fourth-order valence-electron chi connectivity index (χ4n) is 3.07. The fourth-order valence-corrected chi connectivity index (χ4v) is 5.01. The van der Waals surface area contributed by atoms with Gasteiger partial charge in [-0.15, -0.1) is 0 Å². The van der Waals surface area contributed by atoms with E-state index in [-0.39, 0.29) is 23.1 Å². The first-order chi connectivity index (χ1) is 21.1. The summed E-state index contributed by atoms with van der Waals surface area (Å²) in [5, 5.41) is 0.210. The Morgan fingerprint density at radius 3 is 1.11 bits per heavy atom. The Labute approximate surface area is 266 Å². The molecular weight excluding hydrogens is 612 g/mol. The highest BCUT2D eigenvalue weighted by Gasteiger charge is 2.36. The van der Waals surface area contributed by atoms with E-state index >= 15 is 0 Å². The van der Waals surface area contributed by atoms with Crippen molar-refractivity contribution in [3.63, 3.8) is 0 Å². The van der Waals surface area contributed by atoms with Crippen LogP contribution >= 0.6 is 0 Å². The summed E-state index contributed by atoms with van der Waals surface area (Å²) in [4.78, 5) is 0.123. The van der Waals surface area contributed by atoms with E-state index in [1.165, 1.54) is 12.1 Å².